The second-order valence-electron chi connectivity index (χ2n) is 3.95. The number of ether oxygens (including phenoxy) is 1. The Morgan fingerprint density at radius 3 is 2.89 bits per heavy atom. The van der Waals surface area contributed by atoms with Crippen LogP contribution >= 0.6 is 11.3 Å². The Balaban J connectivity index is 2.27. The van der Waals surface area contributed by atoms with Crippen LogP contribution in [0.2, 0.25) is 0 Å². The van der Waals surface area contributed by atoms with Gasteiger partial charge in [0, 0.05) is 19.4 Å². The molecule has 0 bridgehead atoms. The fourth-order valence-corrected chi connectivity index (χ4v) is 2.16. The third kappa shape index (κ3) is 6.07. The van der Waals surface area contributed by atoms with Gasteiger partial charge in [-0.2, -0.15) is 0 Å². The van der Waals surface area contributed by atoms with Gasteiger partial charge in [0.25, 0.3) is 0 Å². The van der Waals surface area contributed by atoms with Crippen LogP contribution in [0.5, 0.6) is 0 Å². The predicted octanol–water partition coefficient (Wildman–Crippen LogP) is 2.64. The average Bonchev–Trinajstić information content (AvgIpc) is 2.77. The van der Waals surface area contributed by atoms with Crippen molar-refractivity contribution in [1.82, 2.24) is 10.2 Å². The van der Waals surface area contributed by atoms with Crippen LogP contribution in [-0.2, 0) is 16.0 Å². The second-order valence-corrected chi connectivity index (χ2v) is 5.02. The highest BCUT2D eigenvalue weighted by atomic mass is 32.1. The molecule has 1 amide bonds. The minimum Gasteiger partial charge on any atom is -0.381 e. The van der Waals surface area contributed by atoms with Gasteiger partial charge in [-0.1, -0.05) is 31.1 Å². The van der Waals surface area contributed by atoms with Crippen LogP contribution in [0.1, 0.15) is 44.5 Å². The van der Waals surface area contributed by atoms with E-state index in [1.54, 1.807) is 0 Å². The number of carbonyl (C=O) groups excluding carboxylic acids is 1. The highest BCUT2D eigenvalue weighted by Gasteiger charge is 2.07. The van der Waals surface area contributed by atoms with Crippen molar-refractivity contribution < 1.29 is 9.53 Å². The number of unbranched alkanes of at least 4 members (excludes halogenated alkanes) is 2. The Kier molecular flexibility index (Phi) is 7.52. The van der Waals surface area contributed by atoms with Crippen molar-refractivity contribution in [1.29, 1.82) is 0 Å². The van der Waals surface area contributed by atoms with Crippen LogP contribution in [0.25, 0.3) is 0 Å². The lowest BCUT2D eigenvalue weighted by molar-refractivity contribution is -0.116. The molecule has 0 unspecified atom stereocenters. The molecule has 0 saturated carbocycles. The quantitative estimate of drug-likeness (QED) is 0.701. The molecule has 0 radical (unpaired) electrons. The van der Waals surface area contributed by atoms with Gasteiger partial charge in [0.05, 0.1) is 6.61 Å². The van der Waals surface area contributed by atoms with Gasteiger partial charge in [0.15, 0.2) is 0 Å². The molecule has 6 heteroatoms. The smallest absolute Gasteiger partial charge is 0.226 e. The molecule has 0 aliphatic heterocycles. The summed E-state index contributed by atoms with van der Waals surface area (Å²) in [6.45, 7) is 5.44. The average molecular weight is 271 g/mol. The summed E-state index contributed by atoms with van der Waals surface area (Å²) in [4.78, 5) is 11.6. The summed E-state index contributed by atoms with van der Waals surface area (Å²) in [6.07, 6.45) is 4.44. The zero-order chi connectivity index (χ0) is 13.2. The number of nitrogens with one attached hydrogen (secondary N) is 1. The molecule has 0 spiro atoms. The molecule has 1 N–H and O–H groups in total. The van der Waals surface area contributed by atoms with E-state index >= 15 is 0 Å². The van der Waals surface area contributed by atoms with Crippen molar-refractivity contribution in [3.05, 3.63) is 5.01 Å². The summed E-state index contributed by atoms with van der Waals surface area (Å²) in [5, 5.41) is 12.2. The van der Waals surface area contributed by atoms with E-state index in [-0.39, 0.29) is 5.91 Å². The minimum atomic E-state index is 0.0240. The van der Waals surface area contributed by atoms with Gasteiger partial charge in [0.2, 0.25) is 11.0 Å². The molecular weight excluding hydrogens is 250 g/mol. The van der Waals surface area contributed by atoms with E-state index in [1.807, 2.05) is 6.92 Å². The molecule has 102 valence electrons. The summed E-state index contributed by atoms with van der Waals surface area (Å²) in [7, 11) is 0. The Morgan fingerprint density at radius 2 is 2.17 bits per heavy atom. The topological polar surface area (TPSA) is 64.1 Å². The van der Waals surface area contributed by atoms with Crippen molar-refractivity contribution in [2.45, 2.75) is 46.0 Å². The lowest BCUT2D eigenvalue weighted by Gasteiger charge is -1.99. The van der Waals surface area contributed by atoms with E-state index in [0.29, 0.717) is 24.8 Å². The summed E-state index contributed by atoms with van der Waals surface area (Å²) in [5.74, 6) is 0.0240. The Labute approximate surface area is 112 Å². The van der Waals surface area contributed by atoms with Gasteiger partial charge < -0.3 is 10.1 Å². The zero-order valence-electron chi connectivity index (χ0n) is 11.1. The van der Waals surface area contributed by atoms with Crippen molar-refractivity contribution in [3.8, 4) is 0 Å². The van der Waals surface area contributed by atoms with Gasteiger partial charge in [-0.15, -0.1) is 10.2 Å². The molecule has 0 fully saturated rings. The van der Waals surface area contributed by atoms with Crippen molar-refractivity contribution in [2.75, 3.05) is 18.5 Å². The summed E-state index contributed by atoms with van der Waals surface area (Å²) >= 11 is 1.42. The van der Waals surface area contributed by atoms with Gasteiger partial charge in [-0.25, -0.2) is 0 Å². The third-order valence-electron chi connectivity index (χ3n) is 2.38. The van der Waals surface area contributed by atoms with Crippen molar-refractivity contribution >= 4 is 22.4 Å². The first-order valence-electron chi connectivity index (χ1n) is 6.46. The van der Waals surface area contributed by atoms with E-state index < -0.39 is 0 Å². The Morgan fingerprint density at radius 1 is 1.33 bits per heavy atom. The number of nitrogens with zero attached hydrogens (tertiary/aromatic N) is 2. The SMILES string of the molecule is CCCCCC(=O)Nc1nnc(CCOCC)s1. The molecule has 18 heavy (non-hydrogen) atoms. The van der Waals surface area contributed by atoms with Crippen molar-refractivity contribution in [3.63, 3.8) is 0 Å². The molecule has 1 aromatic rings. The number of rotatable bonds is 9. The van der Waals surface area contributed by atoms with Crippen LogP contribution in [-0.4, -0.2) is 29.3 Å². The first kappa shape index (κ1) is 15.0. The van der Waals surface area contributed by atoms with E-state index in [4.69, 9.17) is 4.74 Å². The monoisotopic (exact) mass is 271 g/mol. The Bertz CT molecular complexity index is 355. The number of amides is 1. The maximum absolute atomic E-state index is 11.6. The molecular formula is C12H21N3O2S. The second kappa shape index (κ2) is 8.99. The predicted molar refractivity (Wildman–Crippen MR) is 72.9 cm³/mol. The summed E-state index contributed by atoms with van der Waals surface area (Å²) in [5.41, 5.74) is 0. The lowest BCUT2D eigenvalue weighted by atomic mass is 10.2. The number of hydrogen-bond donors (Lipinski definition) is 1. The standard InChI is InChI=1S/C12H21N3O2S/c1-3-5-6-7-10(16)13-12-15-14-11(18-12)8-9-17-4-2/h3-9H2,1-2H3,(H,13,15,16). The van der Waals surface area contributed by atoms with Gasteiger partial charge in [0.1, 0.15) is 5.01 Å². The van der Waals surface area contributed by atoms with Gasteiger partial charge >= 0.3 is 0 Å². The van der Waals surface area contributed by atoms with Gasteiger partial charge in [-0.3, -0.25) is 4.79 Å². The number of aromatic nitrogens is 2. The zero-order valence-corrected chi connectivity index (χ0v) is 11.9. The lowest BCUT2D eigenvalue weighted by Crippen LogP contribution is -2.10. The van der Waals surface area contributed by atoms with Crippen molar-refractivity contribution in [2.24, 2.45) is 0 Å². The molecule has 5 nitrogen and oxygen atoms in total. The molecule has 0 aliphatic carbocycles. The first-order valence-corrected chi connectivity index (χ1v) is 7.27. The van der Waals surface area contributed by atoms with Crippen LogP contribution in [0.3, 0.4) is 0 Å². The van der Waals surface area contributed by atoms with Crippen LogP contribution < -0.4 is 5.32 Å². The molecule has 1 aromatic heterocycles. The van der Waals surface area contributed by atoms with E-state index in [2.05, 4.69) is 22.4 Å². The number of carbonyl (C=O) groups is 1. The maximum atomic E-state index is 11.6. The van der Waals surface area contributed by atoms with Crippen LogP contribution in [0, 0.1) is 0 Å². The summed E-state index contributed by atoms with van der Waals surface area (Å²) in [6, 6.07) is 0. The number of hydrogen-bond acceptors (Lipinski definition) is 5. The van der Waals surface area contributed by atoms with Crippen LogP contribution in [0.15, 0.2) is 0 Å². The Hall–Kier alpha value is -1.01. The van der Waals surface area contributed by atoms with E-state index in [1.165, 1.54) is 11.3 Å². The molecule has 1 rings (SSSR count). The fraction of sp³-hybridized carbons (Fsp3) is 0.750. The third-order valence-corrected chi connectivity index (χ3v) is 3.28. The number of anilines is 1. The molecule has 0 aromatic carbocycles. The van der Waals surface area contributed by atoms with E-state index in [0.717, 1.165) is 30.7 Å². The van der Waals surface area contributed by atoms with Crippen LogP contribution in [0.4, 0.5) is 5.13 Å². The molecule has 0 aliphatic rings. The normalized spacial score (nSPS) is 10.6. The minimum absolute atomic E-state index is 0.0240. The highest BCUT2D eigenvalue weighted by Crippen LogP contribution is 2.16. The molecule has 0 saturated heterocycles. The van der Waals surface area contributed by atoms with Gasteiger partial charge in [-0.05, 0) is 13.3 Å². The molecule has 1 heterocycles. The fourth-order valence-electron chi connectivity index (χ4n) is 1.43. The largest absolute Gasteiger partial charge is 0.381 e. The highest BCUT2D eigenvalue weighted by molar-refractivity contribution is 7.15. The maximum Gasteiger partial charge on any atom is 0.226 e. The first-order chi connectivity index (χ1) is 8.76. The summed E-state index contributed by atoms with van der Waals surface area (Å²) < 4.78 is 5.24. The van der Waals surface area contributed by atoms with E-state index in [9.17, 15) is 4.79 Å². The molecule has 0 atom stereocenters.